The van der Waals surface area contributed by atoms with Crippen LogP contribution in [-0.4, -0.2) is 70.3 Å². The molecule has 2 unspecified atom stereocenters. The molecule has 0 saturated carbocycles. The van der Waals surface area contributed by atoms with Crippen LogP contribution in [0, 0.1) is 6.92 Å². The van der Waals surface area contributed by atoms with Crippen molar-refractivity contribution in [3.05, 3.63) is 93.3 Å². The lowest BCUT2D eigenvalue weighted by Crippen LogP contribution is -2.44. The maximum atomic E-state index is 17.0. The Hall–Kier alpha value is -4.11. The van der Waals surface area contributed by atoms with E-state index in [9.17, 15) is 23.7 Å². The smallest absolute Gasteiger partial charge is 0.459 e. The fraction of sp³-hybridized carbons (Fsp3) is 0.471. The van der Waals surface area contributed by atoms with Gasteiger partial charge in [0.1, 0.15) is 35.3 Å². The molecule has 16 nitrogen and oxygen atoms in total. The molecule has 2 aromatic carbocycles. The van der Waals surface area contributed by atoms with Crippen LogP contribution in [0.25, 0.3) is 0 Å². The zero-order valence-corrected chi connectivity index (χ0v) is 32.1. The summed E-state index contributed by atoms with van der Waals surface area (Å²) in [7, 11) is -9.28. The predicted octanol–water partition coefficient (Wildman–Crippen LogP) is 4.78. The minimum atomic E-state index is -4.70. The van der Waals surface area contributed by atoms with E-state index in [4.69, 9.17) is 27.8 Å². The molecule has 19 heteroatoms. The maximum absolute atomic E-state index is 17.0. The van der Waals surface area contributed by atoms with Crippen LogP contribution in [0.15, 0.2) is 76.4 Å². The quantitative estimate of drug-likeness (QED) is 0.125. The summed E-state index contributed by atoms with van der Waals surface area (Å²) in [6.45, 7) is 9.76. The number of nitrogens with one attached hydrogen (secondary N) is 3. The fourth-order valence-corrected chi connectivity index (χ4v) is 9.27. The number of halogens is 1. The van der Waals surface area contributed by atoms with E-state index in [1.807, 2.05) is 0 Å². The number of benzene rings is 2. The van der Waals surface area contributed by atoms with Crippen LogP contribution >= 0.6 is 15.3 Å². The van der Waals surface area contributed by atoms with Crippen LogP contribution in [0.4, 0.5) is 4.39 Å². The highest BCUT2D eigenvalue weighted by Crippen LogP contribution is 2.58. The summed E-state index contributed by atoms with van der Waals surface area (Å²) in [5.74, 6) is -1.50. The van der Waals surface area contributed by atoms with E-state index >= 15 is 8.96 Å². The number of aromatic amines is 1. The van der Waals surface area contributed by atoms with Crippen molar-refractivity contribution in [2.45, 2.75) is 96.9 Å². The summed E-state index contributed by atoms with van der Waals surface area (Å²) >= 11 is 0. The molecule has 4 rings (SSSR count). The third kappa shape index (κ3) is 11.0. The molecule has 1 saturated heterocycles. The topological polar surface area (TPSA) is 203 Å². The lowest BCUT2D eigenvalue weighted by molar-refractivity contribution is -0.150. The zero-order valence-electron chi connectivity index (χ0n) is 30.3. The van der Waals surface area contributed by atoms with Gasteiger partial charge in [0.2, 0.25) is 0 Å². The molecule has 8 atom stereocenters. The van der Waals surface area contributed by atoms with Crippen LogP contribution in [0.1, 0.15) is 53.3 Å². The number of ether oxygens (including phenoxy) is 3. The SMILES string of the molecule is Cc1cn([C@H]2O[C@@H](COP(=O)(N[C@@H](C)C(=O)OC(C)C)Oc3ccccc3)[C@H](P(=O)(N[C@@H](C)C(=O)OC(C)C)Oc3ccccc3)[C@H]2F)c(=O)[nH]c1=O. The van der Waals surface area contributed by atoms with E-state index < -0.39 is 93.5 Å². The highest BCUT2D eigenvalue weighted by Gasteiger charge is 2.58. The zero-order chi connectivity index (χ0) is 39.1. The van der Waals surface area contributed by atoms with Crippen LogP contribution in [0.5, 0.6) is 11.5 Å². The van der Waals surface area contributed by atoms with E-state index in [0.717, 1.165) is 10.8 Å². The van der Waals surface area contributed by atoms with Gasteiger partial charge in [-0.25, -0.2) is 18.8 Å². The molecule has 1 aliphatic rings. The Bertz CT molecular complexity index is 1930. The van der Waals surface area contributed by atoms with Crippen molar-refractivity contribution in [1.82, 2.24) is 19.7 Å². The Balaban J connectivity index is 1.79. The van der Waals surface area contributed by atoms with Crippen LogP contribution in [0.2, 0.25) is 0 Å². The normalized spacial score (nSPS) is 22.0. The molecule has 0 amide bonds. The number of esters is 2. The fourth-order valence-electron chi connectivity index (χ4n) is 5.22. The van der Waals surface area contributed by atoms with E-state index in [2.05, 4.69) is 15.2 Å². The van der Waals surface area contributed by atoms with Gasteiger partial charge in [0, 0.05) is 11.8 Å². The monoisotopic (exact) mass is 782 g/mol. The summed E-state index contributed by atoms with van der Waals surface area (Å²) in [4.78, 5) is 52.9. The summed E-state index contributed by atoms with van der Waals surface area (Å²) in [6, 6.07) is 13.0. The van der Waals surface area contributed by atoms with Gasteiger partial charge in [0.15, 0.2) is 12.4 Å². The molecular weight excluding hydrogens is 737 g/mol. The number of hydrogen-bond acceptors (Lipinski definition) is 12. The minimum Gasteiger partial charge on any atom is -0.462 e. The predicted molar refractivity (Wildman–Crippen MR) is 192 cm³/mol. The van der Waals surface area contributed by atoms with Crippen molar-refractivity contribution in [2.24, 2.45) is 0 Å². The van der Waals surface area contributed by atoms with Crippen molar-refractivity contribution in [1.29, 1.82) is 0 Å². The highest BCUT2D eigenvalue weighted by molar-refractivity contribution is 7.58. The third-order valence-corrected chi connectivity index (χ3v) is 11.9. The first kappa shape index (κ1) is 41.6. The van der Waals surface area contributed by atoms with Gasteiger partial charge < -0.3 is 23.3 Å². The Morgan fingerprint density at radius 3 is 1.89 bits per heavy atom. The number of aryl methyl sites for hydroxylation is 1. The van der Waals surface area contributed by atoms with Gasteiger partial charge in [-0.1, -0.05) is 36.4 Å². The van der Waals surface area contributed by atoms with Crippen LogP contribution in [-0.2, 0) is 37.5 Å². The molecule has 1 aliphatic heterocycles. The lowest BCUT2D eigenvalue weighted by Gasteiger charge is -2.31. The second-order valence-corrected chi connectivity index (χ2v) is 16.8. The molecule has 0 bridgehead atoms. The molecule has 1 aromatic heterocycles. The van der Waals surface area contributed by atoms with Crippen molar-refractivity contribution >= 4 is 27.2 Å². The summed E-state index contributed by atoms with van der Waals surface area (Å²) in [6.07, 6.45) is -5.78. The summed E-state index contributed by atoms with van der Waals surface area (Å²) in [5.41, 5.74) is -3.58. The second kappa shape index (κ2) is 17.8. The first-order valence-electron chi connectivity index (χ1n) is 16.8. The van der Waals surface area contributed by atoms with Gasteiger partial charge in [-0.2, -0.15) is 5.09 Å². The number of hydrogen-bond donors (Lipinski definition) is 3. The summed E-state index contributed by atoms with van der Waals surface area (Å²) in [5, 5.41) is 5.14. The molecule has 2 heterocycles. The van der Waals surface area contributed by atoms with Crippen molar-refractivity contribution in [3.8, 4) is 11.5 Å². The van der Waals surface area contributed by atoms with E-state index in [1.165, 1.54) is 45.0 Å². The molecule has 3 aromatic rings. The van der Waals surface area contributed by atoms with Gasteiger partial charge in [-0.3, -0.25) is 33.0 Å². The lowest BCUT2D eigenvalue weighted by atomic mass is 10.2. The average Bonchev–Trinajstić information content (AvgIpc) is 3.41. The number of alkyl halides is 1. The first-order chi connectivity index (χ1) is 24.9. The number of para-hydroxylation sites is 2. The molecule has 0 aliphatic carbocycles. The molecule has 1 fully saturated rings. The number of carbonyl (C=O) groups excluding carboxylic acids is 2. The Labute approximate surface area is 305 Å². The average molecular weight is 783 g/mol. The van der Waals surface area contributed by atoms with Crippen LogP contribution < -0.4 is 30.5 Å². The minimum absolute atomic E-state index is 0.0253. The van der Waals surface area contributed by atoms with E-state index in [1.54, 1.807) is 64.1 Å². The Morgan fingerprint density at radius 1 is 0.849 bits per heavy atom. The standard InChI is InChI=1S/C34H45FN4O12P2/c1-20(2)47-32(41)23(6)37-52(44,50-25-14-10-8-11-15-25)29-27(49-31(28(29)35)39-18-22(5)30(40)36-34(39)43)19-46-53(45,51-26-16-12-9-13-17-26)38-24(7)33(42)48-21(3)4/h8-18,20-21,23-24,27-29,31H,19H2,1-7H3,(H,37,44)(H,38,45)(H,36,40,43)/t23-,24-,27-,28+,29-,31-,52?,53?/m0/s1. The van der Waals surface area contributed by atoms with Gasteiger partial charge in [-0.05, 0) is 72.7 Å². The van der Waals surface area contributed by atoms with E-state index in [0.29, 0.717) is 0 Å². The molecule has 290 valence electrons. The van der Waals surface area contributed by atoms with Gasteiger partial charge >= 0.3 is 32.9 Å². The van der Waals surface area contributed by atoms with Gasteiger partial charge in [-0.15, -0.1) is 0 Å². The number of rotatable bonds is 17. The Morgan fingerprint density at radius 2 is 1.36 bits per heavy atom. The highest BCUT2D eigenvalue weighted by atomic mass is 31.2. The molecular formula is C34H45FN4O12P2. The number of H-pyrrole nitrogens is 1. The van der Waals surface area contributed by atoms with Crippen LogP contribution in [0.3, 0.4) is 0 Å². The molecule has 0 spiro atoms. The van der Waals surface area contributed by atoms with Gasteiger partial charge in [0.05, 0.1) is 18.8 Å². The molecule has 0 radical (unpaired) electrons. The first-order valence-corrected chi connectivity index (χ1v) is 20.1. The van der Waals surface area contributed by atoms with E-state index in [-0.39, 0.29) is 17.1 Å². The van der Waals surface area contributed by atoms with Crippen molar-refractivity contribution in [2.75, 3.05) is 6.61 Å². The summed E-state index contributed by atoms with van der Waals surface area (Å²) < 4.78 is 81.3. The number of aromatic nitrogens is 2. The number of nitrogens with zero attached hydrogens (tertiary/aromatic N) is 1. The number of carbonyl (C=O) groups is 2. The maximum Gasteiger partial charge on any atom is 0.459 e. The van der Waals surface area contributed by atoms with Crippen molar-refractivity contribution < 1.29 is 50.9 Å². The Kier molecular flexibility index (Phi) is 14.0. The largest absolute Gasteiger partial charge is 0.462 e. The molecule has 53 heavy (non-hydrogen) atoms. The molecule has 3 N–H and O–H groups in total. The second-order valence-electron chi connectivity index (χ2n) is 12.9. The van der Waals surface area contributed by atoms with Crippen molar-refractivity contribution in [3.63, 3.8) is 0 Å². The van der Waals surface area contributed by atoms with Gasteiger partial charge in [0.25, 0.3) is 5.56 Å². The third-order valence-electron chi connectivity index (χ3n) is 7.60.